The van der Waals surface area contributed by atoms with Crippen LogP contribution in [0.3, 0.4) is 0 Å². The van der Waals surface area contributed by atoms with Crippen LogP contribution in [0.2, 0.25) is 23.2 Å². The van der Waals surface area contributed by atoms with Gasteiger partial charge in [-0.3, -0.25) is 4.79 Å². The number of benzene rings is 2. The molecule has 0 radical (unpaired) electrons. The van der Waals surface area contributed by atoms with Crippen molar-refractivity contribution in [3.05, 3.63) is 60.7 Å². The number of Topliss-reactive ketones (excluding diaryl/α,β-unsaturated/α-hetero) is 1. The zero-order valence-corrected chi connectivity index (χ0v) is 28.8. The molecular weight excluding hydrogens is 529 g/mol. The Hall–Kier alpha value is -1.58. The summed E-state index contributed by atoms with van der Waals surface area (Å²) in [7, 11) is -4.51. The average Bonchev–Trinajstić information content (AvgIpc) is 2.85. The number of carbonyl (C=O) groups is 1. The minimum Gasteiger partial charge on any atom is -0.413 e. The smallest absolute Gasteiger partial charge is 0.261 e. The van der Waals surface area contributed by atoms with E-state index >= 15 is 0 Å². The van der Waals surface area contributed by atoms with E-state index in [0.717, 1.165) is 19.3 Å². The molecular formula is C34H54O4Si2. The molecule has 1 aliphatic heterocycles. The van der Waals surface area contributed by atoms with Gasteiger partial charge in [-0.05, 0) is 59.7 Å². The van der Waals surface area contributed by atoms with Crippen molar-refractivity contribution in [2.75, 3.05) is 6.61 Å². The van der Waals surface area contributed by atoms with Gasteiger partial charge in [-0.1, -0.05) is 109 Å². The standard InChI is InChI=1S/C34H54O4Si2/c1-26(35)24-28-25-32(38-39(9,10)33(3,4)5)27(2)31(37-28)22-17-23-36-40(34(6,7)8,29-18-13-11-14-19-29)30-20-15-12-16-21-30/h11-16,18-21,27-28,31-32H,17,22-25H2,1-10H3/t27-,28-,31+,32+/m1/s1. The van der Waals surface area contributed by atoms with Crippen LogP contribution in [0, 0.1) is 5.92 Å². The Kier molecular flexibility index (Phi) is 10.8. The van der Waals surface area contributed by atoms with E-state index in [1.165, 1.54) is 10.4 Å². The van der Waals surface area contributed by atoms with E-state index in [0.29, 0.717) is 13.0 Å². The molecule has 1 heterocycles. The summed E-state index contributed by atoms with van der Waals surface area (Å²) in [6.45, 7) is 23.1. The molecule has 0 aliphatic carbocycles. The Morgan fingerprint density at radius 1 is 0.900 bits per heavy atom. The van der Waals surface area contributed by atoms with E-state index in [9.17, 15) is 4.79 Å². The summed E-state index contributed by atoms with van der Waals surface area (Å²) in [6.07, 6.45) is 3.13. The zero-order valence-electron chi connectivity index (χ0n) is 26.8. The number of rotatable bonds is 11. The molecule has 4 nitrogen and oxygen atoms in total. The lowest BCUT2D eigenvalue weighted by atomic mass is 9.87. The van der Waals surface area contributed by atoms with Gasteiger partial charge < -0.3 is 13.6 Å². The van der Waals surface area contributed by atoms with E-state index in [1.807, 2.05) is 0 Å². The van der Waals surface area contributed by atoms with Crippen molar-refractivity contribution in [3.63, 3.8) is 0 Å². The molecule has 0 N–H and O–H groups in total. The van der Waals surface area contributed by atoms with Crippen LogP contribution in [0.4, 0.5) is 0 Å². The van der Waals surface area contributed by atoms with Gasteiger partial charge in [0.1, 0.15) is 5.78 Å². The fourth-order valence-electron chi connectivity index (χ4n) is 5.90. The first-order chi connectivity index (χ1) is 18.6. The lowest BCUT2D eigenvalue weighted by molar-refractivity contribution is -0.142. The molecule has 6 heteroatoms. The fraction of sp³-hybridized carbons (Fsp3) is 0.618. The molecule has 0 aromatic heterocycles. The SMILES string of the molecule is CC(=O)C[C@@H]1C[C@H](O[Si](C)(C)C(C)(C)C)[C@H](C)[C@H](CCCO[Si](c2ccccc2)(c2ccccc2)C(C)(C)C)O1. The number of carbonyl (C=O) groups excluding carboxylic acids is 1. The molecule has 4 atom stereocenters. The molecule has 0 saturated carbocycles. The Balaban J connectivity index is 1.79. The van der Waals surface area contributed by atoms with Crippen LogP contribution < -0.4 is 10.4 Å². The minimum atomic E-state index is -2.56. The van der Waals surface area contributed by atoms with Gasteiger partial charge in [-0.25, -0.2) is 0 Å². The summed E-state index contributed by atoms with van der Waals surface area (Å²) in [4.78, 5) is 12.1. The predicted octanol–water partition coefficient (Wildman–Crippen LogP) is 7.51. The Morgan fingerprint density at radius 3 is 1.88 bits per heavy atom. The normalized spacial score (nSPS) is 22.8. The lowest BCUT2D eigenvalue weighted by Gasteiger charge is -2.46. The van der Waals surface area contributed by atoms with Crippen molar-refractivity contribution in [3.8, 4) is 0 Å². The topological polar surface area (TPSA) is 44.8 Å². The maximum atomic E-state index is 12.1. The highest BCUT2D eigenvalue weighted by Gasteiger charge is 2.50. The van der Waals surface area contributed by atoms with Gasteiger partial charge in [0.05, 0.1) is 18.3 Å². The highest BCUT2D eigenvalue weighted by molar-refractivity contribution is 6.99. The maximum absolute atomic E-state index is 12.1. The van der Waals surface area contributed by atoms with Crippen molar-refractivity contribution in [1.82, 2.24) is 0 Å². The zero-order chi connectivity index (χ0) is 29.8. The second kappa shape index (κ2) is 13.2. The monoisotopic (exact) mass is 582 g/mol. The van der Waals surface area contributed by atoms with E-state index in [4.69, 9.17) is 13.6 Å². The van der Waals surface area contributed by atoms with Crippen LogP contribution >= 0.6 is 0 Å². The molecule has 1 fully saturated rings. The minimum absolute atomic E-state index is 0.0426. The quantitative estimate of drug-likeness (QED) is 0.203. The Bertz CT molecular complexity index is 1030. The number of hydrogen-bond acceptors (Lipinski definition) is 4. The molecule has 2 aromatic carbocycles. The summed E-state index contributed by atoms with van der Waals surface area (Å²) in [5.74, 6) is 0.449. The summed E-state index contributed by atoms with van der Waals surface area (Å²) >= 11 is 0. The van der Waals surface area contributed by atoms with E-state index in [1.54, 1.807) is 6.92 Å². The van der Waals surface area contributed by atoms with Crippen LogP contribution in [0.25, 0.3) is 0 Å². The van der Waals surface area contributed by atoms with Crippen molar-refractivity contribution in [2.24, 2.45) is 5.92 Å². The molecule has 40 heavy (non-hydrogen) atoms. The second-order valence-electron chi connectivity index (χ2n) is 14.4. The van der Waals surface area contributed by atoms with Crippen LogP contribution in [-0.2, 0) is 18.4 Å². The van der Waals surface area contributed by atoms with Gasteiger partial charge in [0.15, 0.2) is 8.32 Å². The van der Waals surface area contributed by atoms with E-state index in [2.05, 4.69) is 122 Å². The number of ether oxygens (including phenoxy) is 1. The lowest BCUT2D eigenvalue weighted by Crippen LogP contribution is -2.66. The highest BCUT2D eigenvalue weighted by Crippen LogP contribution is 2.41. The van der Waals surface area contributed by atoms with Crippen molar-refractivity contribution in [1.29, 1.82) is 0 Å². The first-order valence-corrected chi connectivity index (χ1v) is 20.0. The van der Waals surface area contributed by atoms with Gasteiger partial charge in [-0.15, -0.1) is 0 Å². The molecule has 0 unspecified atom stereocenters. The molecule has 1 saturated heterocycles. The van der Waals surface area contributed by atoms with Crippen LogP contribution in [0.1, 0.15) is 81.1 Å². The van der Waals surface area contributed by atoms with E-state index < -0.39 is 16.6 Å². The van der Waals surface area contributed by atoms with Gasteiger partial charge >= 0.3 is 0 Å². The summed E-state index contributed by atoms with van der Waals surface area (Å²) in [5, 5.41) is 2.71. The third kappa shape index (κ3) is 7.62. The van der Waals surface area contributed by atoms with Gasteiger partial charge in [0.2, 0.25) is 0 Å². The predicted molar refractivity (Wildman–Crippen MR) is 173 cm³/mol. The molecule has 3 rings (SSSR count). The van der Waals surface area contributed by atoms with Crippen molar-refractivity contribution < 1.29 is 18.4 Å². The Morgan fingerprint density at radius 2 is 1.43 bits per heavy atom. The maximum Gasteiger partial charge on any atom is 0.261 e. The third-order valence-corrected chi connectivity index (χ3v) is 18.7. The van der Waals surface area contributed by atoms with E-state index in [-0.39, 0.29) is 40.1 Å². The van der Waals surface area contributed by atoms with Crippen molar-refractivity contribution in [2.45, 2.75) is 123 Å². The van der Waals surface area contributed by atoms with Gasteiger partial charge in [0.25, 0.3) is 8.32 Å². The fourth-order valence-corrected chi connectivity index (χ4v) is 11.9. The largest absolute Gasteiger partial charge is 0.413 e. The van der Waals surface area contributed by atoms with Crippen LogP contribution in [0.5, 0.6) is 0 Å². The Labute approximate surface area is 246 Å². The highest BCUT2D eigenvalue weighted by atomic mass is 28.4. The molecule has 1 aliphatic rings. The van der Waals surface area contributed by atoms with Gasteiger partial charge in [0, 0.05) is 18.9 Å². The summed E-state index contributed by atoms with van der Waals surface area (Å²) in [6, 6.07) is 21.6. The number of hydrogen-bond donors (Lipinski definition) is 0. The average molecular weight is 583 g/mol. The second-order valence-corrected chi connectivity index (χ2v) is 23.4. The molecule has 2 aromatic rings. The van der Waals surface area contributed by atoms with Crippen LogP contribution in [-0.4, -0.2) is 47.3 Å². The molecule has 0 spiro atoms. The number of ketones is 1. The molecule has 222 valence electrons. The summed E-state index contributed by atoms with van der Waals surface area (Å²) in [5.41, 5.74) is 0. The van der Waals surface area contributed by atoms with Crippen LogP contribution in [0.15, 0.2) is 60.7 Å². The van der Waals surface area contributed by atoms with Crippen molar-refractivity contribution >= 4 is 32.8 Å². The first kappa shape index (κ1) is 32.9. The van der Waals surface area contributed by atoms with Gasteiger partial charge in [-0.2, -0.15) is 0 Å². The molecule has 0 amide bonds. The third-order valence-electron chi connectivity index (χ3n) is 9.17. The first-order valence-electron chi connectivity index (χ1n) is 15.2. The molecule has 0 bridgehead atoms. The summed E-state index contributed by atoms with van der Waals surface area (Å²) < 4.78 is 20.7.